The van der Waals surface area contributed by atoms with E-state index in [4.69, 9.17) is 24.7 Å². The normalized spacial score (nSPS) is 22.1. The van der Waals surface area contributed by atoms with Crippen molar-refractivity contribution in [2.24, 2.45) is 9.98 Å². The summed E-state index contributed by atoms with van der Waals surface area (Å²) in [4.78, 5) is 74.9. The Labute approximate surface area is 346 Å². The Balaban J connectivity index is 0.862. The maximum absolute atomic E-state index is 14.0. The van der Waals surface area contributed by atoms with Crippen LogP contribution >= 0.6 is 0 Å². The van der Waals surface area contributed by atoms with Crippen LogP contribution in [0.1, 0.15) is 72.1 Å². The van der Waals surface area contributed by atoms with Gasteiger partial charge in [-0.25, -0.2) is 14.8 Å². The first-order chi connectivity index (χ1) is 29.4. The number of likely N-dealkylation sites (tertiary alicyclic amines) is 2. The second-order valence-electron chi connectivity index (χ2n) is 15.6. The second-order valence-corrected chi connectivity index (χ2v) is 15.6. The molecule has 4 N–H and O–H groups in total. The molecule has 15 heteroatoms. The van der Waals surface area contributed by atoms with Gasteiger partial charge >= 0.3 is 6.09 Å². The molecule has 4 aromatic carbocycles. The van der Waals surface area contributed by atoms with Crippen LogP contribution in [-0.4, -0.2) is 101 Å². The van der Waals surface area contributed by atoms with E-state index in [-0.39, 0.29) is 36.0 Å². The Bertz CT molecular complexity index is 2500. The predicted octanol–water partition coefficient (Wildman–Crippen LogP) is 4.44. The summed E-state index contributed by atoms with van der Waals surface area (Å²) >= 11 is 0. The fourth-order valence-electron chi connectivity index (χ4n) is 8.94. The van der Waals surface area contributed by atoms with Crippen LogP contribution < -0.4 is 21.3 Å². The highest BCUT2D eigenvalue weighted by atomic mass is 16.5. The maximum atomic E-state index is 14.0. The smallest absolute Gasteiger partial charge is 0.407 e. The second kappa shape index (κ2) is 16.8. The van der Waals surface area contributed by atoms with Crippen LogP contribution in [0.25, 0.3) is 22.1 Å². The predicted molar refractivity (Wildman–Crippen MR) is 226 cm³/mol. The van der Waals surface area contributed by atoms with Crippen molar-refractivity contribution in [2.75, 3.05) is 33.3 Å². The molecule has 9 rings (SSSR count). The van der Waals surface area contributed by atoms with Gasteiger partial charge in [0.05, 0.1) is 66.4 Å². The molecule has 5 aromatic rings. The minimum atomic E-state index is -0.880. The molecule has 306 valence electrons. The Hall–Kier alpha value is -6.90. The molecule has 0 saturated carbocycles. The first kappa shape index (κ1) is 38.6. The average molecular weight is 807 g/mol. The molecular formula is C45H46N10O5. The van der Waals surface area contributed by atoms with Gasteiger partial charge in [0.25, 0.3) is 5.91 Å². The standard InChI is InChI=1S/C45H46N10O5/c1-60-45(59)53-40(28-12-6-3-7-13-28)44(58)55-21-9-15-38(55)42-47-25-36(52-42)30-17-19-32-34(23-30)50-31-18-16-29(22-33(31)49-32)35-24-46-41(51-35)37-14-8-20-54(37)43(57)39(48-26-56)27-10-4-2-5-11-27/h2-7,10-13,16-19,22-23,26,35-40H,8-9,14-15,20-21,24-25H2,1H3,(H,46,51)(H,47,52)(H,48,56)(H,53,59)/t35?,36?,37-,38-,39+,40+/m0/s1. The molecule has 15 nitrogen and oxygen atoms in total. The number of alkyl carbamates (subject to hydrolysis) is 1. The summed E-state index contributed by atoms with van der Waals surface area (Å²) < 4.78 is 4.84. The van der Waals surface area contributed by atoms with Gasteiger partial charge in [0, 0.05) is 13.1 Å². The molecule has 4 amide bonds. The van der Waals surface area contributed by atoms with Gasteiger partial charge in [0.15, 0.2) is 0 Å². The molecule has 2 unspecified atom stereocenters. The summed E-state index contributed by atoms with van der Waals surface area (Å²) in [5.74, 6) is 1.20. The quantitative estimate of drug-likeness (QED) is 0.111. The van der Waals surface area contributed by atoms with Crippen LogP contribution in [0.15, 0.2) is 107 Å². The summed E-state index contributed by atoms with van der Waals surface area (Å²) in [6.45, 7) is 2.20. The third-order valence-electron chi connectivity index (χ3n) is 12.0. The lowest BCUT2D eigenvalue weighted by Crippen LogP contribution is -2.49. The average Bonchev–Trinajstić information content (AvgIpc) is 4.14. The van der Waals surface area contributed by atoms with E-state index in [1.165, 1.54) is 7.11 Å². The summed E-state index contributed by atoms with van der Waals surface area (Å²) in [7, 11) is 1.28. The topological polar surface area (TPSA) is 183 Å². The van der Waals surface area contributed by atoms with E-state index in [0.717, 1.165) is 76.1 Å². The molecule has 60 heavy (non-hydrogen) atoms. The maximum Gasteiger partial charge on any atom is 0.407 e. The molecule has 2 fully saturated rings. The van der Waals surface area contributed by atoms with Crippen LogP contribution in [0.5, 0.6) is 0 Å². The fourth-order valence-corrected chi connectivity index (χ4v) is 8.94. The van der Waals surface area contributed by atoms with Crippen molar-refractivity contribution in [3.63, 3.8) is 0 Å². The lowest BCUT2D eigenvalue weighted by molar-refractivity contribution is -0.135. The van der Waals surface area contributed by atoms with Crippen molar-refractivity contribution in [2.45, 2.75) is 61.9 Å². The Morgan fingerprint density at radius 1 is 0.683 bits per heavy atom. The number of carbonyl (C=O) groups is 4. The molecule has 0 aliphatic carbocycles. The number of rotatable bonds is 11. The van der Waals surface area contributed by atoms with Crippen molar-refractivity contribution in [3.8, 4) is 0 Å². The van der Waals surface area contributed by atoms with E-state index < -0.39 is 18.2 Å². The number of amidine groups is 2. The third-order valence-corrected chi connectivity index (χ3v) is 12.0. The highest BCUT2D eigenvalue weighted by Crippen LogP contribution is 2.31. The Morgan fingerprint density at radius 3 is 1.65 bits per heavy atom. The first-order valence-electron chi connectivity index (χ1n) is 20.5. The minimum Gasteiger partial charge on any atom is -0.453 e. The van der Waals surface area contributed by atoms with Gasteiger partial charge in [-0.15, -0.1) is 0 Å². The molecule has 1 aromatic heterocycles. The number of aliphatic imine (C=N–C) groups is 2. The van der Waals surface area contributed by atoms with Crippen LogP contribution in [0, 0.1) is 0 Å². The molecule has 0 spiro atoms. The Morgan fingerprint density at radius 2 is 1.17 bits per heavy atom. The van der Waals surface area contributed by atoms with Gasteiger partial charge < -0.3 is 35.8 Å². The van der Waals surface area contributed by atoms with Crippen molar-refractivity contribution < 1.29 is 23.9 Å². The number of carbonyl (C=O) groups excluding carboxylic acids is 4. The largest absolute Gasteiger partial charge is 0.453 e. The summed E-state index contributed by atoms with van der Waals surface area (Å²) in [6.07, 6.45) is 3.14. The van der Waals surface area contributed by atoms with Crippen molar-refractivity contribution in [1.82, 2.24) is 41.0 Å². The van der Waals surface area contributed by atoms with Gasteiger partial charge in [-0.2, -0.15) is 0 Å². The molecule has 0 radical (unpaired) electrons. The van der Waals surface area contributed by atoms with Gasteiger partial charge in [0.1, 0.15) is 23.8 Å². The lowest BCUT2D eigenvalue weighted by Gasteiger charge is -2.30. The number of ether oxygens (including phenoxy) is 1. The highest BCUT2D eigenvalue weighted by molar-refractivity contribution is 5.97. The Kier molecular flexibility index (Phi) is 10.8. The summed E-state index contributed by atoms with van der Waals surface area (Å²) in [5.41, 5.74) is 6.57. The zero-order valence-electron chi connectivity index (χ0n) is 33.2. The van der Waals surface area contributed by atoms with Gasteiger partial charge in [-0.3, -0.25) is 24.4 Å². The molecule has 6 atom stereocenters. The van der Waals surface area contributed by atoms with Gasteiger partial charge in [-0.1, -0.05) is 72.8 Å². The summed E-state index contributed by atoms with van der Waals surface area (Å²) in [5, 5.41) is 12.6. The number of hydrogen-bond acceptors (Lipinski definition) is 11. The van der Waals surface area contributed by atoms with E-state index in [9.17, 15) is 19.2 Å². The minimum absolute atomic E-state index is 0.0816. The van der Waals surface area contributed by atoms with Crippen molar-refractivity contribution in [3.05, 3.63) is 119 Å². The van der Waals surface area contributed by atoms with Gasteiger partial charge in [-0.05, 0) is 72.2 Å². The number of nitrogens with zero attached hydrogens (tertiary/aromatic N) is 6. The van der Waals surface area contributed by atoms with Crippen LogP contribution in [-0.2, 0) is 19.1 Å². The van der Waals surface area contributed by atoms with Crippen LogP contribution in [0.3, 0.4) is 0 Å². The van der Waals surface area contributed by atoms with Crippen molar-refractivity contribution >= 4 is 58.1 Å². The van der Waals surface area contributed by atoms with E-state index in [0.29, 0.717) is 38.2 Å². The number of hydrogen-bond donors (Lipinski definition) is 4. The number of amides is 4. The van der Waals surface area contributed by atoms with E-state index >= 15 is 0 Å². The number of aromatic nitrogens is 2. The number of fused-ring (bicyclic) bond motifs is 2. The zero-order valence-corrected chi connectivity index (χ0v) is 33.2. The monoisotopic (exact) mass is 806 g/mol. The fraction of sp³-hybridized carbons (Fsp3) is 0.333. The van der Waals surface area contributed by atoms with Crippen LogP contribution in [0.4, 0.5) is 4.79 Å². The summed E-state index contributed by atoms with van der Waals surface area (Å²) in [6, 6.07) is 28.4. The molecule has 4 aliphatic heterocycles. The van der Waals surface area contributed by atoms with E-state index in [1.54, 1.807) is 0 Å². The molecule has 0 bridgehead atoms. The third kappa shape index (κ3) is 7.58. The number of methoxy groups -OCH3 is 1. The zero-order chi connectivity index (χ0) is 41.2. The SMILES string of the molecule is COC(=O)N[C@@H](C(=O)N1CCC[C@H]1C1=NCC(c2ccc3nc4cc(C5CN=C([C@@H]6CCCN6C(=O)[C@H](NC=O)c6ccccc6)N5)ccc4nc3c2)N1)c1ccccc1. The molecule has 5 heterocycles. The van der Waals surface area contributed by atoms with E-state index in [1.807, 2.05) is 88.7 Å². The van der Waals surface area contributed by atoms with Crippen molar-refractivity contribution in [1.29, 1.82) is 0 Å². The van der Waals surface area contributed by atoms with Crippen LogP contribution in [0.2, 0.25) is 0 Å². The number of nitrogens with one attached hydrogen (secondary N) is 4. The van der Waals surface area contributed by atoms with Gasteiger partial charge in [0.2, 0.25) is 12.3 Å². The van der Waals surface area contributed by atoms with E-state index in [2.05, 4.69) is 39.5 Å². The highest BCUT2D eigenvalue weighted by Gasteiger charge is 2.40. The lowest BCUT2D eigenvalue weighted by atomic mass is 10.0. The first-order valence-corrected chi connectivity index (χ1v) is 20.5. The number of benzene rings is 4. The molecular weight excluding hydrogens is 761 g/mol. The molecule has 4 aliphatic rings. The molecule has 2 saturated heterocycles.